The van der Waals surface area contributed by atoms with Crippen molar-refractivity contribution >= 4 is 16.9 Å². The topological polar surface area (TPSA) is 97.8 Å². The molecule has 0 aliphatic rings. The molecule has 2 aromatic carbocycles. The number of nitrogens with one attached hydrogen (secondary N) is 1. The molecule has 2 aromatic heterocycles. The molecule has 4 aromatic rings. The molecule has 6 nitrogen and oxygen atoms in total. The first-order valence-electron chi connectivity index (χ1n) is 8.70. The Morgan fingerprint density at radius 3 is 2.50 bits per heavy atom. The molecule has 0 aliphatic carbocycles. The van der Waals surface area contributed by atoms with Crippen molar-refractivity contribution in [1.82, 2.24) is 15.1 Å². The molecule has 2 heterocycles. The van der Waals surface area contributed by atoms with Crippen LogP contribution in [0.5, 0.6) is 0 Å². The van der Waals surface area contributed by atoms with E-state index in [9.17, 15) is 4.79 Å². The maximum absolute atomic E-state index is 11.8. The quantitative estimate of drug-likeness (QED) is 0.534. The Bertz CT molecular complexity index is 1180. The standard InChI is InChI=1S/C21H20N4O2.CH4/c1-10-15(6-5-7-16(10)21(22)26)17-8-14(19-11(2)25-27-12(19)3)9-18-20(17)24-13(4)23-18;/h5-9H,1-4H3,(H2,22,26)(H,23,24);1H4. The zero-order valence-electron chi connectivity index (χ0n) is 15.7. The van der Waals surface area contributed by atoms with Gasteiger partial charge in [0.25, 0.3) is 0 Å². The number of primary amides is 1. The van der Waals surface area contributed by atoms with Crippen molar-refractivity contribution < 1.29 is 9.32 Å². The number of amides is 1. The van der Waals surface area contributed by atoms with Gasteiger partial charge in [0.1, 0.15) is 11.6 Å². The van der Waals surface area contributed by atoms with Crippen molar-refractivity contribution in [3.05, 3.63) is 58.7 Å². The number of nitrogens with two attached hydrogens (primary N) is 1. The fraction of sp³-hybridized carbons (Fsp3) is 0.227. The van der Waals surface area contributed by atoms with Crippen molar-refractivity contribution in [1.29, 1.82) is 0 Å². The molecule has 0 fully saturated rings. The largest absolute Gasteiger partial charge is 0.366 e. The van der Waals surface area contributed by atoms with Crippen LogP contribution >= 0.6 is 0 Å². The van der Waals surface area contributed by atoms with E-state index < -0.39 is 5.91 Å². The van der Waals surface area contributed by atoms with E-state index in [4.69, 9.17) is 10.3 Å². The van der Waals surface area contributed by atoms with E-state index in [1.807, 2.05) is 39.8 Å². The van der Waals surface area contributed by atoms with Gasteiger partial charge in [-0.2, -0.15) is 0 Å². The maximum atomic E-state index is 11.8. The second-order valence-electron chi connectivity index (χ2n) is 6.78. The second kappa shape index (κ2) is 6.96. The zero-order chi connectivity index (χ0) is 19.3. The summed E-state index contributed by atoms with van der Waals surface area (Å²) in [6.07, 6.45) is 0. The highest BCUT2D eigenvalue weighted by atomic mass is 16.5. The van der Waals surface area contributed by atoms with Crippen molar-refractivity contribution in [2.45, 2.75) is 35.1 Å². The summed E-state index contributed by atoms with van der Waals surface area (Å²) in [4.78, 5) is 19.8. The predicted molar refractivity (Wildman–Crippen MR) is 111 cm³/mol. The molecule has 0 atom stereocenters. The third kappa shape index (κ3) is 2.97. The number of carbonyl (C=O) groups excluding carboxylic acids is 1. The van der Waals surface area contributed by atoms with Crippen LogP contribution in [-0.4, -0.2) is 21.0 Å². The molecular weight excluding hydrogens is 352 g/mol. The molecule has 0 aliphatic heterocycles. The number of hydrogen-bond acceptors (Lipinski definition) is 4. The van der Waals surface area contributed by atoms with E-state index in [1.165, 1.54) is 0 Å². The number of aromatic nitrogens is 3. The first-order chi connectivity index (χ1) is 12.9. The van der Waals surface area contributed by atoms with Crippen LogP contribution in [0.25, 0.3) is 33.3 Å². The minimum Gasteiger partial charge on any atom is -0.366 e. The summed E-state index contributed by atoms with van der Waals surface area (Å²) in [6, 6.07) is 9.70. The van der Waals surface area contributed by atoms with Crippen molar-refractivity contribution in [3.8, 4) is 22.3 Å². The molecule has 1 amide bonds. The van der Waals surface area contributed by atoms with Gasteiger partial charge in [0, 0.05) is 16.7 Å². The first-order valence-corrected chi connectivity index (χ1v) is 8.70. The van der Waals surface area contributed by atoms with Gasteiger partial charge in [0.05, 0.1) is 16.7 Å². The Labute approximate surface area is 163 Å². The number of carbonyl (C=O) groups is 1. The van der Waals surface area contributed by atoms with Gasteiger partial charge in [-0.05, 0) is 62.6 Å². The van der Waals surface area contributed by atoms with Gasteiger partial charge < -0.3 is 15.2 Å². The molecule has 144 valence electrons. The van der Waals surface area contributed by atoms with Gasteiger partial charge in [-0.15, -0.1) is 0 Å². The molecular formula is C22H24N4O2. The number of rotatable bonds is 3. The molecule has 4 rings (SSSR count). The molecule has 0 radical (unpaired) electrons. The number of H-pyrrole nitrogens is 1. The maximum Gasteiger partial charge on any atom is 0.248 e. The fourth-order valence-corrected chi connectivity index (χ4v) is 3.68. The third-order valence-electron chi connectivity index (χ3n) is 4.92. The number of benzene rings is 2. The lowest BCUT2D eigenvalue weighted by Crippen LogP contribution is -2.13. The zero-order valence-corrected chi connectivity index (χ0v) is 15.7. The highest BCUT2D eigenvalue weighted by Gasteiger charge is 2.18. The van der Waals surface area contributed by atoms with Gasteiger partial charge in [0.2, 0.25) is 5.91 Å². The smallest absolute Gasteiger partial charge is 0.248 e. The molecule has 0 spiro atoms. The average Bonchev–Trinajstić information content (AvgIpc) is 3.15. The van der Waals surface area contributed by atoms with Crippen LogP contribution in [0, 0.1) is 27.7 Å². The second-order valence-corrected chi connectivity index (χ2v) is 6.78. The molecule has 0 unspecified atom stereocenters. The molecule has 0 bridgehead atoms. The summed E-state index contributed by atoms with van der Waals surface area (Å²) >= 11 is 0. The van der Waals surface area contributed by atoms with Gasteiger partial charge in [-0.1, -0.05) is 24.7 Å². The highest BCUT2D eigenvalue weighted by Crippen LogP contribution is 2.37. The van der Waals surface area contributed by atoms with Crippen LogP contribution < -0.4 is 5.73 Å². The van der Waals surface area contributed by atoms with Gasteiger partial charge in [-0.25, -0.2) is 4.98 Å². The van der Waals surface area contributed by atoms with Crippen LogP contribution in [0.2, 0.25) is 0 Å². The van der Waals surface area contributed by atoms with E-state index in [0.29, 0.717) is 5.56 Å². The van der Waals surface area contributed by atoms with E-state index >= 15 is 0 Å². The van der Waals surface area contributed by atoms with Crippen LogP contribution in [0.1, 0.15) is 40.6 Å². The van der Waals surface area contributed by atoms with Crippen LogP contribution in [0.4, 0.5) is 0 Å². The van der Waals surface area contributed by atoms with Crippen LogP contribution in [0.15, 0.2) is 34.9 Å². The van der Waals surface area contributed by atoms with Crippen molar-refractivity contribution in [2.24, 2.45) is 5.73 Å². The summed E-state index contributed by atoms with van der Waals surface area (Å²) < 4.78 is 5.35. The van der Waals surface area contributed by atoms with Crippen LogP contribution in [-0.2, 0) is 0 Å². The summed E-state index contributed by atoms with van der Waals surface area (Å²) in [6.45, 7) is 7.65. The lowest BCUT2D eigenvalue weighted by Gasteiger charge is -2.12. The van der Waals surface area contributed by atoms with Gasteiger partial charge in [0.15, 0.2) is 0 Å². The number of nitrogens with zero attached hydrogens (tertiary/aromatic N) is 2. The minimum absolute atomic E-state index is 0. The SMILES string of the molecule is C.Cc1nc2c(-c3cccc(C(N)=O)c3C)cc(-c3c(C)noc3C)cc2[nH]1. The monoisotopic (exact) mass is 376 g/mol. The Balaban J connectivity index is 0.00000225. The number of aromatic amines is 1. The summed E-state index contributed by atoms with van der Waals surface area (Å²) in [7, 11) is 0. The fourth-order valence-electron chi connectivity index (χ4n) is 3.68. The molecule has 0 saturated carbocycles. The molecule has 3 N–H and O–H groups in total. The minimum atomic E-state index is -0.439. The number of aryl methyl sites for hydroxylation is 3. The van der Waals surface area contributed by atoms with Crippen LogP contribution in [0.3, 0.4) is 0 Å². The molecule has 6 heteroatoms. The summed E-state index contributed by atoms with van der Waals surface area (Å²) in [5, 5.41) is 4.07. The predicted octanol–water partition coefficient (Wildman–Crippen LogP) is 4.85. The lowest BCUT2D eigenvalue weighted by atomic mass is 9.92. The molecule has 28 heavy (non-hydrogen) atoms. The van der Waals surface area contributed by atoms with Gasteiger partial charge >= 0.3 is 0 Å². The first kappa shape index (κ1) is 19.4. The third-order valence-corrected chi connectivity index (χ3v) is 4.92. The van der Waals surface area contributed by atoms with E-state index in [2.05, 4.69) is 27.3 Å². The average molecular weight is 376 g/mol. The van der Waals surface area contributed by atoms with E-state index in [-0.39, 0.29) is 7.43 Å². The van der Waals surface area contributed by atoms with Crippen molar-refractivity contribution in [3.63, 3.8) is 0 Å². The Morgan fingerprint density at radius 2 is 1.86 bits per heavy atom. The van der Waals surface area contributed by atoms with E-state index in [1.54, 1.807) is 6.07 Å². The molecule has 0 saturated heterocycles. The van der Waals surface area contributed by atoms with Crippen molar-refractivity contribution in [2.75, 3.05) is 0 Å². The summed E-state index contributed by atoms with van der Waals surface area (Å²) in [5.41, 5.74) is 13.3. The summed E-state index contributed by atoms with van der Waals surface area (Å²) in [5.74, 6) is 1.15. The Morgan fingerprint density at radius 1 is 1.11 bits per heavy atom. The Hall–Kier alpha value is -3.41. The lowest BCUT2D eigenvalue weighted by molar-refractivity contribution is 0.0999. The Kier molecular flexibility index (Phi) is 4.81. The normalized spacial score (nSPS) is 10.9. The van der Waals surface area contributed by atoms with E-state index in [0.717, 1.165) is 56.1 Å². The highest BCUT2D eigenvalue weighted by molar-refractivity contribution is 6.01. The number of fused-ring (bicyclic) bond motifs is 1. The van der Waals surface area contributed by atoms with Gasteiger partial charge in [-0.3, -0.25) is 4.79 Å². The number of imidazole rings is 1. The number of hydrogen-bond donors (Lipinski definition) is 2.